The number of anilines is 1. The van der Waals surface area contributed by atoms with Crippen LogP contribution in [0.25, 0.3) is 10.9 Å². The van der Waals surface area contributed by atoms with Crippen LogP contribution < -0.4 is 10.9 Å². The third kappa shape index (κ3) is 4.24. The molecule has 0 fully saturated rings. The maximum absolute atomic E-state index is 12.9. The van der Waals surface area contributed by atoms with Gasteiger partial charge in [0.1, 0.15) is 0 Å². The number of carbonyl (C=O) groups is 1. The van der Waals surface area contributed by atoms with Crippen LogP contribution in [0, 0.1) is 11.3 Å². The van der Waals surface area contributed by atoms with Crippen LogP contribution in [0.4, 0.5) is 5.69 Å². The summed E-state index contributed by atoms with van der Waals surface area (Å²) in [5.74, 6) is -0.0749. The van der Waals surface area contributed by atoms with E-state index >= 15 is 0 Å². The van der Waals surface area contributed by atoms with Crippen LogP contribution in [0.15, 0.2) is 58.5 Å². The van der Waals surface area contributed by atoms with Gasteiger partial charge in [0.15, 0.2) is 5.16 Å². The molecule has 0 saturated carbocycles. The average molecular weight is 392 g/mol. The lowest BCUT2D eigenvalue weighted by Crippen LogP contribution is -2.26. The number of rotatable bonds is 6. The normalized spacial score (nSPS) is 11.8. The molecule has 0 unspecified atom stereocenters. The predicted octanol–water partition coefficient (Wildman–Crippen LogP) is 3.97. The molecule has 1 N–H and O–H groups in total. The van der Waals surface area contributed by atoms with Crippen molar-refractivity contribution >= 4 is 34.3 Å². The van der Waals surface area contributed by atoms with Crippen LogP contribution in [0.3, 0.4) is 0 Å². The highest BCUT2D eigenvalue weighted by molar-refractivity contribution is 7.99. The highest BCUT2D eigenvalue weighted by Gasteiger charge is 2.16. The molecule has 2 aromatic carbocycles. The molecule has 0 aliphatic rings. The van der Waals surface area contributed by atoms with E-state index in [0.717, 1.165) is 6.42 Å². The van der Waals surface area contributed by atoms with Gasteiger partial charge in [-0.3, -0.25) is 14.2 Å². The summed E-state index contributed by atoms with van der Waals surface area (Å²) < 4.78 is 1.67. The molecule has 1 amide bonds. The molecule has 6 nitrogen and oxygen atoms in total. The summed E-state index contributed by atoms with van der Waals surface area (Å²) in [4.78, 5) is 29.9. The second-order valence-corrected chi connectivity index (χ2v) is 7.31. The number of benzene rings is 2. The first kappa shape index (κ1) is 19.6. The number of fused-ring (bicyclic) bond motifs is 1. The Morgan fingerprint density at radius 3 is 2.64 bits per heavy atom. The maximum Gasteiger partial charge on any atom is 0.262 e. The minimum atomic E-state index is -0.201. The lowest BCUT2D eigenvalue weighted by molar-refractivity contribution is -0.113. The Balaban J connectivity index is 1.81. The van der Waals surface area contributed by atoms with Crippen molar-refractivity contribution in [2.45, 2.75) is 31.5 Å². The topological polar surface area (TPSA) is 87.8 Å². The van der Waals surface area contributed by atoms with Crippen molar-refractivity contribution in [2.24, 2.45) is 0 Å². The second-order valence-electron chi connectivity index (χ2n) is 6.37. The Morgan fingerprint density at radius 2 is 1.96 bits per heavy atom. The van der Waals surface area contributed by atoms with Gasteiger partial charge >= 0.3 is 0 Å². The molecule has 1 aromatic heterocycles. The molecule has 7 heteroatoms. The largest absolute Gasteiger partial charge is 0.325 e. The predicted molar refractivity (Wildman–Crippen MR) is 112 cm³/mol. The molecule has 1 heterocycles. The number of para-hydroxylation sites is 1. The van der Waals surface area contributed by atoms with Gasteiger partial charge in [-0.05, 0) is 49.7 Å². The number of hydrogen-bond donors (Lipinski definition) is 1. The maximum atomic E-state index is 12.9. The standard InChI is InChI=1S/C21H20N4O2S/c1-3-14(2)25-20(27)17-6-4-5-7-18(17)24-21(25)28-13-19(26)23-16-10-8-15(12-22)9-11-16/h4-11,14H,3,13H2,1-2H3,(H,23,26)/t14-/m0/s1. The number of thioether (sulfide) groups is 1. The van der Waals surface area contributed by atoms with Crippen LogP contribution in [0.5, 0.6) is 0 Å². The lowest BCUT2D eigenvalue weighted by Gasteiger charge is -2.18. The minimum Gasteiger partial charge on any atom is -0.325 e. The van der Waals surface area contributed by atoms with E-state index in [-0.39, 0.29) is 23.3 Å². The number of amides is 1. The zero-order chi connectivity index (χ0) is 20.1. The molecule has 142 valence electrons. The van der Waals surface area contributed by atoms with Crippen molar-refractivity contribution in [3.05, 3.63) is 64.4 Å². The summed E-state index contributed by atoms with van der Waals surface area (Å²) in [5.41, 5.74) is 1.69. The summed E-state index contributed by atoms with van der Waals surface area (Å²) in [5, 5.41) is 12.7. The summed E-state index contributed by atoms with van der Waals surface area (Å²) >= 11 is 1.24. The van der Waals surface area contributed by atoms with Gasteiger partial charge in [0, 0.05) is 11.7 Å². The molecule has 3 rings (SSSR count). The Labute approximate surface area is 167 Å². The van der Waals surface area contributed by atoms with Crippen LogP contribution in [0.2, 0.25) is 0 Å². The third-order valence-electron chi connectivity index (χ3n) is 4.44. The van der Waals surface area contributed by atoms with Crippen molar-refractivity contribution in [1.29, 1.82) is 5.26 Å². The van der Waals surface area contributed by atoms with E-state index in [1.54, 1.807) is 41.0 Å². The summed E-state index contributed by atoms with van der Waals surface area (Å²) in [6.45, 7) is 3.98. The van der Waals surface area contributed by atoms with E-state index in [2.05, 4.69) is 10.3 Å². The first-order valence-corrected chi connectivity index (χ1v) is 9.96. The van der Waals surface area contributed by atoms with Gasteiger partial charge in [-0.2, -0.15) is 5.26 Å². The van der Waals surface area contributed by atoms with Crippen LogP contribution >= 0.6 is 11.8 Å². The zero-order valence-electron chi connectivity index (χ0n) is 15.7. The van der Waals surface area contributed by atoms with Gasteiger partial charge in [-0.15, -0.1) is 0 Å². The van der Waals surface area contributed by atoms with E-state index in [1.165, 1.54) is 11.8 Å². The molecule has 0 aliphatic heterocycles. The molecule has 0 spiro atoms. The molecule has 28 heavy (non-hydrogen) atoms. The number of carbonyl (C=O) groups excluding carboxylic acids is 1. The van der Waals surface area contributed by atoms with Crippen molar-refractivity contribution in [2.75, 3.05) is 11.1 Å². The van der Waals surface area contributed by atoms with Gasteiger partial charge in [-0.25, -0.2) is 4.98 Å². The van der Waals surface area contributed by atoms with E-state index in [9.17, 15) is 9.59 Å². The van der Waals surface area contributed by atoms with Crippen LogP contribution in [-0.4, -0.2) is 21.2 Å². The molecular formula is C21H20N4O2S. The fourth-order valence-electron chi connectivity index (χ4n) is 2.75. The summed E-state index contributed by atoms with van der Waals surface area (Å²) in [6, 6.07) is 15.9. The molecule has 1 atom stereocenters. The molecule has 0 saturated heterocycles. The lowest BCUT2D eigenvalue weighted by atomic mass is 10.2. The molecule has 0 aliphatic carbocycles. The minimum absolute atomic E-state index is 0.0197. The Morgan fingerprint density at radius 1 is 1.25 bits per heavy atom. The first-order valence-electron chi connectivity index (χ1n) is 8.97. The zero-order valence-corrected chi connectivity index (χ0v) is 16.5. The number of nitrogens with zero attached hydrogens (tertiary/aromatic N) is 3. The smallest absolute Gasteiger partial charge is 0.262 e. The second kappa shape index (κ2) is 8.72. The molecule has 0 radical (unpaired) electrons. The Hall–Kier alpha value is -3.11. The van der Waals surface area contributed by atoms with E-state index in [0.29, 0.717) is 27.3 Å². The monoisotopic (exact) mass is 392 g/mol. The molecular weight excluding hydrogens is 372 g/mol. The van der Waals surface area contributed by atoms with Crippen LogP contribution in [-0.2, 0) is 4.79 Å². The van der Waals surface area contributed by atoms with E-state index in [4.69, 9.17) is 5.26 Å². The van der Waals surface area contributed by atoms with Gasteiger partial charge in [0.05, 0.1) is 28.3 Å². The summed E-state index contributed by atoms with van der Waals surface area (Å²) in [6.07, 6.45) is 0.783. The first-order chi connectivity index (χ1) is 13.5. The van der Waals surface area contributed by atoms with Gasteiger partial charge in [0.2, 0.25) is 5.91 Å². The highest BCUT2D eigenvalue weighted by atomic mass is 32.2. The van der Waals surface area contributed by atoms with Crippen molar-refractivity contribution in [3.8, 4) is 6.07 Å². The molecule has 3 aromatic rings. The van der Waals surface area contributed by atoms with Crippen molar-refractivity contribution in [3.63, 3.8) is 0 Å². The van der Waals surface area contributed by atoms with Crippen LogP contribution in [0.1, 0.15) is 31.9 Å². The Kier molecular flexibility index (Phi) is 6.12. The number of hydrogen-bond acceptors (Lipinski definition) is 5. The van der Waals surface area contributed by atoms with Gasteiger partial charge in [0.25, 0.3) is 5.56 Å². The number of aromatic nitrogens is 2. The van der Waals surface area contributed by atoms with E-state index < -0.39 is 0 Å². The van der Waals surface area contributed by atoms with Crippen molar-refractivity contribution in [1.82, 2.24) is 9.55 Å². The quantitative estimate of drug-likeness (QED) is 0.506. The highest BCUT2D eigenvalue weighted by Crippen LogP contribution is 2.22. The fraction of sp³-hybridized carbons (Fsp3) is 0.238. The Bertz CT molecular complexity index is 1100. The van der Waals surface area contributed by atoms with Gasteiger partial charge in [-0.1, -0.05) is 30.8 Å². The molecule has 0 bridgehead atoms. The average Bonchev–Trinajstić information content (AvgIpc) is 2.72. The van der Waals surface area contributed by atoms with Crippen molar-refractivity contribution < 1.29 is 4.79 Å². The van der Waals surface area contributed by atoms with Gasteiger partial charge < -0.3 is 5.32 Å². The van der Waals surface area contributed by atoms with E-state index in [1.807, 2.05) is 32.0 Å². The SMILES string of the molecule is CC[C@H](C)n1c(SCC(=O)Nc2ccc(C#N)cc2)nc2ccccc2c1=O. The number of nitrogens with one attached hydrogen (secondary N) is 1. The summed E-state index contributed by atoms with van der Waals surface area (Å²) in [7, 11) is 0. The third-order valence-corrected chi connectivity index (χ3v) is 5.39. The number of nitriles is 1. The fourth-order valence-corrected chi connectivity index (χ4v) is 3.65.